The number of carbonyl (C=O) groups is 1. The van der Waals surface area contributed by atoms with Crippen molar-refractivity contribution in [1.82, 2.24) is 5.32 Å². The summed E-state index contributed by atoms with van der Waals surface area (Å²) in [7, 11) is 1.66. The molecular weight excluding hydrogens is 362 g/mol. The Labute approximate surface area is 171 Å². The van der Waals surface area contributed by atoms with Crippen LogP contribution in [0.5, 0.6) is 17.2 Å². The maximum atomic E-state index is 12.0. The zero-order valence-electron chi connectivity index (χ0n) is 16.5. The van der Waals surface area contributed by atoms with E-state index in [2.05, 4.69) is 5.32 Å². The minimum atomic E-state index is -0.103. The fraction of sp³-hybridized carbons (Fsp3) is 0.160. The maximum Gasteiger partial charge on any atom is 0.243 e. The molecule has 1 amide bonds. The second-order valence-corrected chi connectivity index (χ2v) is 6.56. The summed E-state index contributed by atoms with van der Waals surface area (Å²) in [4.78, 5) is 12.0. The molecule has 0 aliphatic heterocycles. The number of ether oxygens (including phenoxy) is 2. The number of rotatable bonds is 9. The summed E-state index contributed by atoms with van der Waals surface area (Å²) < 4.78 is 11.0. The molecule has 0 atom stereocenters. The van der Waals surface area contributed by atoms with Crippen LogP contribution in [-0.4, -0.2) is 19.6 Å². The molecule has 0 bridgehead atoms. The maximum absolute atomic E-state index is 12.0. The number of aryl methyl sites for hydroxylation is 1. The van der Waals surface area contributed by atoms with Crippen LogP contribution in [0.4, 0.5) is 0 Å². The molecule has 0 saturated carbocycles. The molecule has 4 heteroatoms. The van der Waals surface area contributed by atoms with Crippen molar-refractivity contribution >= 4 is 12.0 Å². The Morgan fingerprint density at radius 3 is 2.41 bits per heavy atom. The summed E-state index contributed by atoms with van der Waals surface area (Å²) in [6.07, 6.45) is 5.13. The summed E-state index contributed by atoms with van der Waals surface area (Å²) in [6.45, 7) is 0.631. The molecule has 0 aromatic heterocycles. The highest BCUT2D eigenvalue weighted by Gasteiger charge is 2.00. The highest BCUT2D eigenvalue weighted by atomic mass is 16.5. The van der Waals surface area contributed by atoms with E-state index < -0.39 is 0 Å². The molecule has 0 heterocycles. The Kier molecular flexibility index (Phi) is 7.47. The van der Waals surface area contributed by atoms with E-state index in [4.69, 9.17) is 9.47 Å². The second-order valence-electron chi connectivity index (χ2n) is 6.56. The van der Waals surface area contributed by atoms with Gasteiger partial charge in [-0.25, -0.2) is 0 Å². The molecule has 29 heavy (non-hydrogen) atoms. The van der Waals surface area contributed by atoms with Crippen molar-refractivity contribution in [2.75, 3.05) is 13.7 Å². The average Bonchev–Trinajstić information content (AvgIpc) is 2.77. The topological polar surface area (TPSA) is 47.6 Å². The van der Waals surface area contributed by atoms with Gasteiger partial charge in [-0.2, -0.15) is 0 Å². The zero-order valence-corrected chi connectivity index (χ0v) is 16.5. The first-order valence-electron chi connectivity index (χ1n) is 9.65. The van der Waals surface area contributed by atoms with Gasteiger partial charge in [0.25, 0.3) is 0 Å². The van der Waals surface area contributed by atoms with Crippen LogP contribution in [0.15, 0.2) is 84.9 Å². The molecule has 0 aliphatic rings. The SMILES string of the molecule is COc1ccc(CCCNC(=O)/C=C/c2cccc(Oc3ccccc3)c2)cc1. The number of carbonyl (C=O) groups excluding carboxylic acids is 1. The van der Waals surface area contributed by atoms with Gasteiger partial charge in [0.15, 0.2) is 0 Å². The van der Waals surface area contributed by atoms with E-state index in [0.717, 1.165) is 35.7 Å². The second kappa shape index (κ2) is 10.7. The molecule has 3 rings (SSSR count). The molecule has 3 aromatic rings. The Morgan fingerprint density at radius 1 is 0.897 bits per heavy atom. The van der Waals surface area contributed by atoms with Crippen LogP contribution in [0.25, 0.3) is 6.08 Å². The lowest BCUT2D eigenvalue weighted by atomic mass is 10.1. The third-order valence-corrected chi connectivity index (χ3v) is 4.36. The standard InChI is InChI=1S/C25H25NO3/c1-28-22-15-12-20(13-16-22)8-6-18-26-25(27)17-14-21-7-5-11-24(19-21)29-23-9-3-2-4-10-23/h2-5,7,9-17,19H,6,8,18H2,1H3,(H,26,27)/b17-14+. The van der Waals surface area contributed by atoms with Crippen molar-refractivity contribution in [3.63, 3.8) is 0 Å². The Bertz CT molecular complexity index is 934. The molecular formula is C25H25NO3. The van der Waals surface area contributed by atoms with Gasteiger partial charge in [0.1, 0.15) is 17.2 Å². The summed E-state index contributed by atoms with van der Waals surface area (Å²) in [6, 6.07) is 25.2. The van der Waals surface area contributed by atoms with Gasteiger partial charge in [-0.15, -0.1) is 0 Å². The lowest BCUT2D eigenvalue weighted by Gasteiger charge is -2.06. The van der Waals surface area contributed by atoms with E-state index in [1.807, 2.05) is 78.9 Å². The monoisotopic (exact) mass is 387 g/mol. The molecule has 0 aliphatic carbocycles. The zero-order chi connectivity index (χ0) is 20.3. The fourth-order valence-corrected chi connectivity index (χ4v) is 2.83. The predicted octanol–water partition coefficient (Wildman–Crippen LogP) is 5.25. The van der Waals surface area contributed by atoms with Crippen molar-refractivity contribution < 1.29 is 14.3 Å². The summed E-state index contributed by atoms with van der Waals surface area (Å²) in [5.41, 5.74) is 2.14. The number of amides is 1. The Morgan fingerprint density at radius 2 is 1.66 bits per heavy atom. The smallest absolute Gasteiger partial charge is 0.243 e. The number of hydrogen-bond donors (Lipinski definition) is 1. The summed E-state index contributed by atoms with van der Waals surface area (Å²) in [5, 5.41) is 2.92. The third-order valence-electron chi connectivity index (χ3n) is 4.36. The molecule has 0 radical (unpaired) electrons. The highest BCUT2D eigenvalue weighted by molar-refractivity contribution is 5.91. The average molecular weight is 387 g/mol. The normalized spacial score (nSPS) is 10.7. The Hall–Kier alpha value is -3.53. The molecule has 0 spiro atoms. The van der Waals surface area contributed by atoms with E-state index in [1.165, 1.54) is 5.56 Å². The predicted molar refractivity (Wildman–Crippen MR) is 116 cm³/mol. The molecule has 148 valence electrons. The van der Waals surface area contributed by atoms with Gasteiger partial charge < -0.3 is 14.8 Å². The van der Waals surface area contributed by atoms with Gasteiger partial charge in [-0.1, -0.05) is 42.5 Å². The van der Waals surface area contributed by atoms with Crippen molar-refractivity contribution in [2.45, 2.75) is 12.8 Å². The van der Waals surface area contributed by atoms with Gasteiger partial charge in [-0.3, -0.25) is 4.79 Å². The van der Waals surface area contributed by atoms with E-state index in [9.17, 15) is 4.79 Å². The largest absolute Gasteiger partial charge is 0.497 e. The quantitative estimate of drug-likeness (QED) is 0.403. The fourth-order valence-electron chi connectivity index (χ4n) is 2.83. The number of nitrogens with one attached hydrogen (secondary N) is 1. The van der Waals surface area contributed by atoms with Gasteiger partial charge in [0, 0.05) is 12.6 Å². The summed E-state index contributed by atoms with van der Waals surface area (Å²) in [5.74, 6) is 2.26. The van der Waals surface area contributed by atoms with E-state index in [0.29, 0.717) is 6.54 Å². The van der Waals surface area contributed by atoms with Crippen LogP contribution >= 0.6 is 0 Å². The number of para-hydroxylation sites is 1. The first-order valence-corrected chi connectivity index (χ1v) is 9.65. The van der Waals surface area contributed by atoms with Crippen molar-refractivity contribution in [3.8, 4) is 17.2 Å². The molecule has 0 fully saturated rings. The number of hydrogen-bond acceptors (Lipinski definition) is 3. The third kappa shape index (κ3) is 6.85. The first kappa shape index (κ1) is 20.2. The molecule has 3 aromatic carbocycles. The lowest BCUT2D eigenvalue weighted by molar-refractivity contribution is -0.116. The molecule has 0 unspecified atom stereocenters. The minimum absolute atomic E-state index is 0.103. The van der Waals surface area contributed by atoms with Crippen LogP contribution in [0, 0.1) is 0 Å². The van der Waals surface area contributed by atoms with Crippen LogP contribution in [0.3, 0.4) is 0 Å². The highest BCUT2D eigenvalue weighted by Crippen LogP contribution is 2.22. The van der Waals surface area contributed by atoms with Crippen molar-refractivity contribution in [1.29, 1.82) is 0 Å². The van der Waals surface area contributed by atoms with E-state index in [-0.39, 0.29) is 5.91 Å². The van der Waals surface area contributed by atoms with E-state index in [1.54, 1.807) is 19.3 Å². The van der Waals surface area contributed by atoms with Crippen molar-refractivity contribution in [2.24, 2.45) is 0 Å². The minimum Gasteiger partial charge on any atom is -0.497 e. The lowest BCUT2D eigenvalue weighted by Crippen LogP contribution is -2.22. The van der Waals surface area contributed by atoms with Gasteiger partial charge in [0.05, 0.1) is 7.11 Å². The van der Waals surface area contributed by atoms with Gasteiger partial charge in [-0.05, 0) is 66.4 Å². The van der Waals surface area contributed by atoms with Crippen LogP contribution in [-0.2, 0) is 11.2 Å². The van der Waals surface area contributed by atoms with Gasteiger partial charge >= 0.3 is 0 Å². The van der Waals surface area contributed by atoms with Crippen LogP contribution < -0.4 is 14.8 Å². The number of benzene rings is 3. The van der Waals surface area contributed by atoms with Crippen LogP contribution in [0.1, 0.15) is 17.5 Å². The number of methoxy groups -OCH3 is 1. The Balaban J connectivity index is 1.43. The summed E-state index contributed by atoms with van der Waals surface area (Å²) >= 11 is 0. The van der Waals surface area contributed by atoms with Crippen LogP contribution in [0.2, 0.25) is 0 Å². The molecule has 0 saturated heterocycles. The van der Waals surface area contributed by atoms with Gasteiger partial charge in [0.2, 0.25) is 5.91 Å². The first-order chi connectivity index (χ1) is 14.2. The van der Waals surface area contributed by atoms with Crippen molar-refractivity contribution in [3.05, 3.63) is 96.1 Å². The molecule has 4 nitrogen and oxygen atoms in total. The van der Waals surface area contributed by atoms with E-state index >= 15 is 0 Å². The molecule has 1 N–H and O–H groups in total.